The quantitative estimate of drug-likeness (QED) is 0.736. The fourth-order valence-electron chi connectivity index (χ4n) is 1.59. The summed E-state index contributed by atoms with van der Waals surface area (Å²) in [5.41, 5.74) is 2.25. The second kappa shape index (κ2) is 7.41. The number of hydrogen-bond donors (Lipinski definition) is 3. The summed E-state index contributed by atoms with van der Waals surface area (Å²) in [7, 11) is 0. The van der Waals surface area contributed by atoms with Crippen LogP contribution in [-0.4, -0.2) is 23.7 Å². The first kappa shape index (κ1) is 15.0. The summed E-state index contributed by atoms with van der Waals surface area (Å²) in [6, 6.07) is 7.68. The van der Waals surface area contributed by atoms with Gasteiger partial charge in [-0.25, -0.2) is 4.79 Å². The minimum atomic E-state index is -0.926. The Bertz CT molecular complexity index is 444. The third-order valence-corrected chi connectivity index (χ3v) is 2.70. The molecule has 1 rings (SSSR count). The van der Waals surface area contributed by atoms with E-state index in [1.807, 2.05) is 12.1 Å². The summed E-state index contributed by atoms with van der Waals surface area (Å²) in [5, 5.41) is 13.6. The van der Waals surface area contributed by atoms with Crippen molar-refractivity contribution >= 4 is 12.0 Å². The van der Waals surface area contributed by atoms with Crippen LogP contribution in [-0.2, 0) is 11.3 Å². The highest BCUT2D eigenvalue weighted by Gasteiger charge is 2.03. The molecule has 0 aliphatic carbocycles. The molecule has 0 aliphatic heterocycles. The molecule has 0 heterocycles. The number of urea groups is 1. The Morgan fingerprint density at radius 3 is 2.63 bits per heavy atom. The number of benzene rings is 1. The Balaban J connectivity index is 2.37. The van der Waals surface area contributed by atoms with E-state index in [1.54, 1.807) is 0 Å². The number of nitrogens with one attached hydrogen (secondary N) is 2. The molecular formula is C14H20N2O3. The van der Waals surface area contributed by atoms with Crippen molar-refractivity contribution in [2.75, 3.05) is 6.54 Å². The first-order valence-electron chi connectivity index (χ1n) is 6.31. The molecule has 0 fully saturated rings. The van der Waals surface area contributed by atoms with Gasteiger partial charge >= 0.3 is 12.0 Å². The van der Waals surface area contributed by atoms with Gasteiger partial charge in [0, 0.05) is 13.1 Å². The third-order valence-electron chi connectivity index (χ3n) is 2.70. The van der Waals surface area contributed by atoms with Gasteiger partial charge in [-0.15, -0.1) is 0 Å². The van der Waals surface area contributed by atoms with E-state index < -0.39 is 5.97 Å². The molecule has 0 aromatic heterocycles. The molecule has 1 aromatic carbocycles. The molecule has 0 unspecified atom stereocenters. The smallest absolute Gasteiger partial charge is 0.315 e. The Morgan fingerprint density at radius 2 is 2.00 bits per heavy atom. The molecule has 5 heteroatoms. The van der Waals surface area contributed by atoms with Gasteiger partial charge in [-0.3, -0.25) is 4.79 Å². The lowest BCUT2D eigenvalue weighted by Crippen LogP contribution is -2.36. The van der Waals surface area contributed by atoms with Gasteiger partial charge in [0.1, 0.15) is 0 Å². The van der Waals surface area contributed by atoms with Crippen LogP contribution < -0.4 is 10.6 Å². The number of carbonyl (C=O) groups excluding carboxylic acids is 1. The number of carboxylic acids is 1. The summed E-state index contributed by atoms with van der Waals surface area (Å²) in [4.78, 5) is 21.7. The standard InChI is InChI=1S/C14H20N2O3/c1-10(2)12-5-3-4-11(8-12)9-16-14(19)15-7-6-13(17)18/h3-5,8,10H,6-7,9H2,1-2H3,(H,17,18)(H2,15,16,19). The highest BCUT2D eigenvalue weighted by Crippen LogP contribution is 2.15. The van der Waals surface area contributed by atoms with E-state index in [4.69, 9.17) is 5.11 Å². The van der Waals surface area contributed by atoms with Gasteiger partial charge in [0.2, 0.25) is 0 Å². The number of amides is 2. The molecule has 2 amide bonds. The Kier molecular flexibility index (Phi) is 5.85. The lowest BCUT2D eigenvalue weighted by Gasteiger charge is -2.10. The lowest BCUT2D eigenvalue weighted by atomic mass is 10.0. The van der Waals surface area contributed by atoms with Crippen molar-refractivity contribution in [3.63, 3.8) is 0 Å². The SMILES string of the molecule is CC(C)c1cccc(CNC(=O)NCCC(=O)O)c1. The minimum absolute atomic E-state index is 0.0732. The van der Waals surface area contributed by atoms with Crippen molar-refractivity contribution in [1.29, 1.82) is 0 Å². The predicted molar refractivity (Wildman–Crippen MR) is 73.0 cm³/mol. The maximum Gasteiger partial charge on any atom is 0.315 e. The summed E-state index contributed by atoms with van der Waals surface area (Å²) in [6.07, 6.45) is -0.0732. The van der Waals surface area contributed by atoms with Gasteiger partial charge in [-0.05, 0) is 17.0 Å². The summed E-state index contributed by atoms with van der Waals surface area (Å²) >= 11 is 0. The summed E-state index contributed by atoms with van der Waals surface area (Å²) in [6.45, 7) is 4.79. The topological polar surface area (TPSA) is 78.4 Å². The van der Waals surface area contributed by atoms with Crippen molar-refractivity contribution < 1.29 is 14.7 Å². The van der Waals surface area contributed by atoms with Crippen LogP contribution in [0.2, 0.25) is 0 Å². The fourth-order valence-corrected chi connectivity index (χ4v) is 1.59. The van der Waals surface area contributed by atoms with Crippen LogP contribution in [0.1, 0.15) is 37.3 Å². The molecule has 1 aromatic rings. The average molecular weight is 264 g/mol. The van der Waals surface area contributed by atoms with E-state index in [0.29, 0.717) is 12.5 Å². The largest absolute Gasteiger partial charge is 0.481 e. The molecule has 0 saturated heterocycles. The Labute approximate surface area is 113 Å². The van der Waals surface area contributed by atoms with Crippen molar-refractivity contribution in [3.05, 3.63) is 35.4 Å². The number of rotatable bonds is 6. The van der Waals surface area contributed by atoms with Crippen molar-refractivity contribution in [2.45, 2.75) is 32.7 Å². The van der Waals surface area contributed by atoms with Gasteiger partial charge in [0.05, 0.1) is 6.42 Å². The minimum Gasteiger partial charge on any atom is -0.481 e. The molecule has 0 aliphatic rings. The summed E-state index contributed by atoms with van der Waals surface area (Å²) < 4.78 is 0. The first-order valence-corrected chi connectivity index (χ1v) is 6.31. The van der Waals surface area contributed by atoms with Crippen molar-refractivity contribution in [2.24, 2.45) is 0 Å². The van der Waals surface area contributed by atoms with Gasteiger partial charge < -0.3 is 15.7 Å². The second-order valence-corrected chi connectivity index (χ2v) is 4.65. The van der Waals surface area contributed by atoms with E-state index in [1.165, 1.54) is 5.56 Å². The molecule has 0 saturated carbocycles. The first-order chi connectivity index (χ1) is 8.99. The van der Waals surface area contributed by atoms with Crippen LogP contribution in [0.25, 0.3) is 0 Å². The fraction of sp³-hybridized carbons (Fsp3) is 0.429. The van der Waals surface area contributed by atoms with Crippen LogP contribution in [0.3, 0.4) is 0 Å². The van der Waals surface area contributed by atoms with Crippen LogP contribution in [0.15, 0.2) is 24.3 Å². The lowest BCUT2D eigenvalue weighted by molar-refractivity contribution is -0.136. The molecule has 5 nitrogen and oxygen atoms in total. The van der Waals surface area contributed by atoms with Crippen molar-refractivity contribution in [3.8, 4) is 0 Å². The Hall–Kier alpha value is -2.04. The van der Waals surface area contributed by atoms with Crippen LogP contribution in [0.4, 0.5) is 4.79 Å². The zero-order chi connectivity index (χ0) is 14.3. The predicted octanol–water partition coefficient (Wildman–Crippen LogP) is 2.08. The van der Waals surface area contributed by atoms with Gasteiger partial charge in [0.25, 0.3) is 0 Å². The monoisotopic (exact) mass is 264 g/mol. The maximum atomic E-state index is 11.4. The molecule has 19 heavy (non-hydrogen) atoms. The zero-order valence-corrected chi connectivity index (χ0v) is 11.3. The van der Waals surface area contributed by atoms with Crippen LogP contribution in [0.5, 0.6) is 0 Å². The second-order valence-electron chi connectivity index (χ2n) is 4.65. The number of carboxylic acid groups (broad SMARTS) is 1. The maximum absolute atomic E-state index is 11.4. The highest BCUT2D eigenvalue weighted by atomic mass is 16.4. The summed E-state index contributed by atoms with van der Waals surface area (Å²) in [5.74, 6) is -0.478. The highest BCUT2D eigenvalue weighted by molar-refractivity contribution is 5.74. The van der Waals surface area contributed by atoms with Crippen molar-refractivity contribution in [1.82, 2.24) is 10.6 Å². The number of carbonyl (C=O) groups is 2. The average Bonchev–Trinajstić information content (AvgIpc) is 2.36. The molecule has 104 valence electrons. The van der Waals surface area contributed by atoms with E-state index in [2.05, 4.69) is 36.6 Å². The molecule has 3 N–H and O–H groups in total. The van der Waals surface area contributed by atoms with E-state index in [-0.39, 0.29) is 19.0 Å². The normalized spacial score (nSPS) is 10.3. The van der Waals surface area contributed by atoms with Gasteiger partial charge in [0.15, 0.2) is 0 Å². The molecule has 0 bridgehead atoms. The van der Waals surface area contributed by atoms with Crippen LogP contribution in [0, 0.1) is 0 Å². The molecule has 0 spiro atoms. The molecule has 0 atom stereocenters. The zero-order valence-electron chi connectivity index (χ0n) is 11.3. The van der Waals surface area contributed by atoms with Crippen LogP contribution >= 0.6 is 0 Å². The van der Waals surface area contributed by atoms with E-state index in [9.17, 15) is 9.59 Å². The molecular weight excluding hydrogens is 244 g/mol. The number of hydrogen-bond acceptors (Lipinski definition) is 2. The third kappa shape index (κ3) is 5.90. The van der Waals surface area contributed by atoms with E-state index in [0.717, 1.165) is 5.56 Å². The number of aliphatic carboxylic acids is 1. The van der Waals surface area contributed by atoms with E-state index >= 15 is 0 Å². The van der Waals surface area contributed by atoms with Gasteiger partial charge in [-0.1, -0.05) is 38.1 Å². The molecule has 0 radical (unpaired) electrons. The van der Waals surface area contributed by atoms with Gasteiger partial charge in [-0.2, -0.15) is 0 Å². The Morgan fingerprint density at radius 1 is 1.26 bits per heavy atom.